The minimum Gasteiger partial charge on any atom is -0.494 e. The van der Waals surface area contributed by atoms with E-state index in [1.807, 2.05) is 13.8 Å². The summed E-state index contributed by atoms with van der Waals surface area (Å²) in [6, 6.07) is 3.52. The third-order valence-electron chi connectivity index (χ3n) is 3.71. The molecule has 0 spiro atoms. The molecule has 21 heavy (non-hydrogen) atoms. The minimum atomic E-state index is -3.65. The van der Waals surface area contributed by atoms with Gasteiger partial charge in [0.15, 0.2) is 11.6 Å². The Morgan fingerprint density at radius 2 is 2.05 bits per heavy atom. The highest BCUT2D eigenvalue weighted by atomic mass is 35.5. The average molecular weight is 339 g/mol. The van der Waals surface area contributed by atoms with Crippen LogP contribution < -0.4 is 10.1 Å². The molecule has 0 saturated carbocycles. The molecule has 1 aliphatic heterocycles. The standard InChI is InChI=1S/C13H19FN2O3S.ClH/c1-9-10(2)16(7-6-15-9)20(17,18)11-4-5-12(14)13(8-11)19-3;/h4-5,8-10,15H,6-7H2,1-3H3;1H. The van der Waals surface area contributed by atoms with Crippen molar-refractivity contribution in [2.24, 2.45) is 0 Å². The second-order valence-corrected chi connectivity index (χ2v) is 6.79. The number of piperazine rings is 1. The smallest absolute Gasteiger partial charge is 0.243 e. The maximum atomic E-state index is 13.4. The average Bonchev–Trinajstić information content (AvgIpc) is 2.42. The predicted octanol–water partition coefficient (Wildman–Crippen LogP) is 1.63. The van der Waals surface area contributed by atoms with Crippen molar-refractivity contribution in [3.8, 4) is 5.75 Å². The van der Waals surface area contributed by atoms with Crippen LogP contribution in [0, 0.1) is 5.82 Å². The number of nitrogens with one attached hydrogen (secondary N) is 1. The lowest BCUT2D eigenvalue weighted by Crippen LogP contribution is -2.57. The predicted molar refractivity (Wildman–Crippen MR) is 81.0 cm³/mol. The number of sulfonamides is 1. The molecule has 5 nitrogen and oxygen atoms in total. The molecule has 0 amide bonds. The molecule has 0 aromatic heterocycles. The van der Waals surface area contributed by atoms with E-state index in [9.17, 15) is 12.8 Å². The maximum Gasteiger partial charge on any atom is 0.243 e. The Balaban J connectivity index is 0.00000220. The van der Waals surface area contributed by atoms with E-state index in [0.29, 0.717) is 13.1 Å². The van der Waals surface area contributed by atoms with Crippen LogP contribution in [-0.2, 0) is 10.0 Å². The van der Waals surface area contributed by atoms with Crippen LogP contribution in [0.3, 0.4) is 0 Å². The first kappa shape index (κ1) is 18.2. The Hall–Kier alpha value is -0.890. The van der Waals surface area contributed by atoms with Crippen LogP contribution in [0.15, 0.2) is 23.1 Å². The molecule has 120 valence electrons. The molecule has 1 aromatic carbocycles. The van der Waals surface area contributed by atoms with Crippen molar-refractivity contribution in [1.82, 2.24) is 9.62 Å². The van der Waals surface area contributed by atoms with Crippen molar-refractivity contribution >= 4 is 22.4 Å². The zero-order valence-electron chi connectivity index (χ0n) is 12.2. The highest BCUT2D eigenvalue weighted by molar-refractivity contribution is 7.89. The fraction of sp³-hybridized carbons (Fsp3) is 0.538. The van der Waals surface area contributed by atoms with Gasteiger partial charge in [-0.25, -0.2) is 12.8 Å². The third-order valence-corrected chi connectivity index (χ3v) is 5.69. The fourth-order valence-electron chi connectivity index (χ4n) is 2.30. The van der Waals surface area contributed by atoms with Crippen LogP contribution in [0.2, 0.25) is 0 Å². The molecule has 2 atom stereocenters. The number of methoxy groups -OCH3 is 1. The monoisotopic (exact) mass is 338 g/mol. The van der Waals surface area contributed by atoms with Gasteiger partial charge >= 0.3 is 0 Å². The summed E-state index contributed by atoms with van der Waals surface area (Å²) < 4.78 is 45.0. The summed E-state index contributed by atoms with van der Waals surface area (Å²) in [5.74, 6) is -0.643. The Morgan fingerprint density at radius 3 is 2.67 bits per heavy atom. The third kappa shape index (κ3) is 3.48. The van der Waals surface area contributed by atoms with Crippen LogP contribution in [0.5, 0.6) is 5.75 Å². The Kier molecular flexibility index (Phi) is 5.98. The van der Waals surface area contributed by atoms with Gasteiger partial charge in [-0.05, 0) is 26.0 Å². The van der Waals surface area contributed by atoms with E-state index in [4.69, 9.17) is 4.74 Å². The number of hydrogen-bond acceptors (Lipinski definition) is 4. The van der Waals surface area contributed by atoms with Gasteiger partial charge in [0.1, 0.15) is 0 Å². The molecule has 8 heteroatoms. The second kappa shape index (κ2) is 6.91. The van der Waals surface area contributed by atoms with Crippen molar-refractivity contribution in [1.29, 1.82) is 0 Å². The summed E-state index contributed by atoms with van der Waals surface area (Å²) in [6.45, 7) is 4.79. The van der Waals surface area contributed by atoms with Crippen LogP contribution >= 0.6 is 12.4 Å². The lowest BCUT2D eigenvalue weighted by atomic mass is 10.1. The van der Waals surface area contributed by atoms with Crippen LogP contribution in [-0.4, -0.2) is 45.0 Å². The summed E-state index contributed by atoms with van der Waals surface area (Å²) in [5.41, 5.74) is 0. The molecule has 1 aromatic rings. The number of halogens is 2. The maximum absolute atomic E-state index is 13.4. The van der Waals surface area contributed by atoms with Gasteiger partial charge in [0.2, 0.25) is 10.0 Å². The number of benzene rings is 1. The largest absolute Gasteiger partial charge is 0.494 e. The van der Waals surface area contributed by atoms with Crippen molar-refractivity contribution in [3.05, 3.63) is 24.0 Å². The van der Waals surface area contributed by atoms with Crippen molar-refractivity contribution in [3.63, 3.8) is 0 Å². The lowest BCUT2D eigenvalue weighted by Gasteiger charge is -2.37. The summed E-state index contributed by atoms with van der Waals surface area (Å²) in [7, 11) is -2.34. The van der Waals surface area contributed by atoms with Gasteiger partial charge in [0.05, 0.1) is 12.0 Å². The summed E-state index contributed by atoms with van der Waals surface area (Å²) in [4.78, 5) is 0.0525. The zero-order chi connectivity index (χ0) is 14.9. The van der Waals surface area contributed by atoms with Gasteiger partial charge in [-0.3, -0.25) is 0 Å². The van der Waals surface area contributed by atoms with Crippen LogP contribution in [0.1, 0.15) is 13.8 Å². The Labute approximate surface area is 130 Å². The molecule has 0 bridgehead atoms. The van der Waals surface area contributed by atoms with Gasteiger partial charge in [0, 0.05) is 31.2 Å². The normalized spacial score (nSPS) is 23.4. The molecular weight excluding hydrogens is 319 g/mol. The fourth-order valence-corrected chi connectivity index (χ4v) is 4.02. The van der Waals surface area contributed by atoms with E-state index in [1.165, 1.54) is 23.5 Å². The Morgan fingerprint density at radius 1 is 1.38 bits per heavy atom. The molecule has 1 fully saturated rings. The van der Waals surface area contributed by atoms with Crippen LogP contribution in [0.25, 0.3) is 0 Å². The molecule has 1 saturated heterocycles. The first-order chi connectivity index (χ1) is 9.37. The number of nitrogens with zero attached hydrogens (tertiary/aromatic N) is 1. The second-order valence-electron chi connectivity index (χ2n) is 4.90. The topological polar surface area (TPSA) is 58.6 Å². The molecule has 1 N–H and O–H groups in total. The first-order valence-electron chi connectivity index (χ1n) is 6.46. The molecule has 2 rings (SSSR count). The molecular formula is C13H20ClFN2O3S. The van der Waals surface area contributed by atoms with Gasteiger partial charge < -0.3 is 10.1 Å². The van der Waals surface area contributed by atoms with Crippen molar-refractivity contribution in [2.45, 2.75) is 30.8 Å². The summed E-state index contributed by atoms with van der Waals surface area (Å²) in [5, 5.41) is 3.23. The lowest BCUT2D eigenvalue weighted by molar-refractivity contribution is 0.232. The molecule has 1 aliphatic rings. The van der Waals surface area contributed by atoms with E-state index >= 15 is 0 Å². The first-order valence-corrected chi connectivity index (χ1v) is 7.90. The number of ether oxygens (including phenoxy) is 1. The summed E-state index contributed by atoms with van der Waals surface area (Å²) in [6.07, 6.45) is 0. The zero-order valence-corrected chi connectivity index (χ0v) is 13.8. The molecule has 2 unspecified atom stereocenters. The Bertz CT molecular complexity index is 597. The van der Waals surface area contributed by atoms with Gasteiger partial charge in [-0.1, -0.05) is 0 Å². The highest BCUT2D eigenvalue weighted by Crippen LogP contribution is 2.26. The van der Waals surface area contributed by atoms with Gasteiger partial charge in [-0.2, -0.15) is 4.31 Å². The van der Waals surface area contributed by atoms with E-state index in [1.54, 1.807) is 0 Å². The number of hydrogen-bond donors (Lipinski definition) is 1. The van der Waals surface area contributed by atoms with Crippen LogP contribution in [0.4, 0.5) is 4.39 Å². The quantitative estimate of drug-likeness (QED) is 0.910. The van der Waals surface area contributed by atoms with E-state index in [-0.39, 0.29) is 35.1 Å². The highest BCUT2D eigenvalue weighted by Gasteiger charge is 2.34. The van der Waals surface area contributed by atoms with Crippen molar-refractivity contribution in [2.75, 3.05) is 20.2 Å². The molecule has 1 heterocycles. The van der Waals surface area contributed by atoms with E-state index < -0.39 is 15.8 Å². The van der Waals surface area contributed by atoms with Crippen molar-refractivity contribution < 1.29 is 17.5 Å². The molecule has 0 radical (unpaired) electrons. The van der Waals surface area contributed by atoms with E-state index in [2.05, 4.69) is 5.32 Å². The SMILES string of the molecule is COc1cc(S(=O)(=O)N2CCNC(C)C2C)ccc1F.Cl. The molecule has 0 aliphatic carbocycles. The van der Waals surface area contributed by atoms with Gasteiger partial charge in [-0.15, -0.1) is 12.4 Å². The number of rotatable bonds is 3. The van der Waals surface area contributed by atoms with E-state index in [0.717, 1.165) is 6.07 Å². The minimum absolute atomic E-state index is 0. The van der Waals surface area contributed by atoms with Gasteiger partial charge in [0.25, 0.3) is 0 Å². The summed E-state index contributed by atoms with van der Waals surface area (Å²) >= 11 is 0.